The molecule has 180 valence electrons. The predicted octanol–water partition coefficient (Wildman–Crippen LogP) is 3.05. The van der Waals surface area contributed by atoms with Gasteiger partial charge >= 0.3 is 0 Å². The number of aryl methyl sites for hydroxylation is 1. The summed E-state index contributed by atoms with van der Waals surface area (Å²) >= 11 is 0. The van der Waals surface area contributed by atoms with Crippen molar-refractivity contribution >= 4 is 35.8 Å². The number of carbonyl (C=O) groups excluding carboxylic acids is 1. The van der Waals surface area contributed by atoms with E-state index in [0.29, 0.717) is 12.1 Å². The smallest absolute Gasteiger partial charge is 0.253 e. The Kier molecular flexibility index (Phi) is 11.1. The molecule has 2 aromatic rings. The summed E-state index contributed by atoms with van der Waals surface area (Å²) in [5.41, 5.74) is 4.33. The molecule has 1 heterocycles. The van der Waals surface area contributed by atoms with Crippen LogP contribution in [-0.2, 0) is 11.3 Å². The fraction of sp³-hybridized carbons (Fsp3) is 0.440. The zero-order valence-electron chi connectivity index (χ0n) is 20.0. The molecule has 2 aromatic carbocycles. The zero-order chi connectivity index (χ0) is 22.9. The van der Waals surface area contributed by atoms with Gasteiger partial charge in [0.05, 0.1) is 19.3 Å². The van der Waals surface area contributed by atoms with Crippen molar-refractivity contribution < 1.29 is 9.53 Å². The Morgan fingerprint density at radius 2 is 1.70 bits per heavy atom. The van der Waals surface area contributed by atoms with Crippen LogP contribution in [-0.4, -0.2) is 75.7 Å². The van der Waals surface area contributed by atoms with Crippen LogP contribution in [0.2, 0.25) is 0 Å². The standard InChI is InChI=1S/C25H35N5O2.HI/c1-19-5-9-21(10-6-19)23(30-13-15-32-16-14-30)18-28-25(26-2)27-17-20-7-11-22(12-8-20)24(31)29(3)4;/h5-12,23H,13-18H2,1-4H3,(H2,26,27,28);1H. The fourth-order valence-corrected chi connectivity index (χ4v) is 3.76. The largest absolute Gasteiger partial charge is 0.379 e. The lowest BCUT2D eigenvalue weighted by Crippen LogP contribution is -2.46. The molecule has 1 unspecified atom stereocenters. The molecule has 0 spiro atoms. The summed E-state index contributed by atoms with van der Waals surface area (Å²) in [5.74, 6) is 0.760. The molecule has 1 saturated heterocycles. The SMILES string of the molecule is CN=C(NCc1ccc(C(=O)N(C)C)cc1)NCC(c1ccc(C)cc1)N1CCOCC1.I. The van der Waals surface area contributed by atoms with E-state index in [1.165, 1.54) is 11.1 Å². The van der Waals surface area contributed by atoms with E-state index in [0.717, 1.165) is 44.4 Å². The minimum atomic E-state index is 0. The van der Waals surface area contributed by atoms with Gasteiger partial charge in [-0.3, -0.25) is 14.7 Å². The van der Waals surface area contributed by atoms with Crippen molar-refractivity contribution in [2.45, 2.75) is 19.5 Å². The van der Waals surface area contributed by atoms with Crippen molar-refractivity contribution in [1.82, 2.24) is 20.4 Å². The molecule has 33 heavy (non-hydrogen) atoms. The Morgan fingerprint density at radius 3 is 2.27 bits per heavy atom. The van der Waals surface area contributed by atoms with Crippen molar-refractivity contribution in [2.75, 3.05) is 54.0 Å². The molecule has 0 bridgehead atoms. The van der Waals surface area contributed by atoms with Crippen LogP contribution in [0.15, 0.2) is 53.5 Å². The summed E-state index contributed by atoms with van der Waals surface area (Å²) in [5, 5.41) is 6.87. The normalized spacial score (nSPS) is 15.3. The number of ether oxygens (including phenoxy) is 1. The van der Waals surface area contributed by atoms with E-state index in [-0.39, 0.29) is 35.9 Å². The average molecular weight is 566 g/mol. The number of guanidine groups is 1. The highest BCUT2D eigenvalue weighted by Crippen LogP contribution is 2.21. The maximum absolute atomic E-state index is 12.1. The molecule has 1 aliphatic heterocycles. The van der Waals surface area contributed by atoms with Crippen LogP contribution in [0.4, 0.5) is 0 Å². The van der Waals surface area contributed by atoms with E-state index in [1.54, 1.807) is 26.0 Å². The van der Waals surface area contributed by atoms with Crippen LogP contribution in [0.25, 0.3) is 0 Å². The average Bonchev–Trinajstić information content (AvgIpc) is 2.82. The Labute approximate surface area is 214 Å². The van der Waals surface area contributed by atoms with Gasteiger partial charge in [0, 0.05) is 52.9 Å². The van der Waals surface area contributed by atoms with Gasteiger partial charge in [0.1, 0.15) is 0 Å². The molecule has 0 radical (unpaired) electrons. The third-order valence-corrected chi connectivity index (χ3v) is 5.70. The van der Waals surface area contributed by atoms with Crippen LogP contribution in [0.5, 0.6) is 0 Å². The van der Waals surface area contributed by atoms with Crippen molar-refractivity contribution in [3.05, 3.63) is 70.8 Å². The second kappa shape index (κ2) is 13.5. The number of morpholine rings is 1. The first kappa shape index (κ1) is 27.1. The minimum absolute atomic E-state index is 0. The van der Waals surface area contributed by atoms with Gasteiger partial charge < -0.3 is 20.3 Å². The number of benzene rings is 2. The van der Waals surface area contributed by atoms with Crippen molar-refractivity contribution in [3.8, 4) is 0 Å². The zero-order valence-corrected chi connectivity index (χ0v) is 22.3. The molecule has 1 atom stereocenters. The first-order valence-electron chi connectivity index (χ1n) is 11.1. The summed E-state index contributed by atoms with van der Waals surface area (Å²) in [6.07, 6.45) is 0. The summed E-state index contributed by atoms with van der Waals surface area (Å²) in [6, 6.07) is 16.7. The number of hydrogen-bond donors (Lipinski definition) is 2. The number of carbonyl (C=O) groups is 1. The molecule has 0 aliphatic carbocycles. The minimum Gasteiger partial charge on any atom is -0.379 e. The summed E-state index contributed by atoms with van der Waals surface area (Å²) in [7, 11) is 5.30. The van der Waals surface area contributed by atoms with Gasteiger partial charge in [0.2, 0.25) is 0 Å². The third-order valence-electron chi connectivity index (χ3n) is 5.70. The lowest BCUT2D eigenvalue weighted by Gasteiger charge is -2.35. The molecule has 1 aliphatic rings. The third kappa shape index (κ3) is 7.97. The lowest BCUT2D eigenvalue weighted by molar-refractivity contribution is 0.0170. The first-order chi connectivity index (χ1) is 15.5. The molecular formula is C25H36IN5O2. The van der Waals surface area contributed by atoms with E-state index < -0.39 is 0 Å². The fourth-order valence-electron chi connectivity index (χ4n) is 3.76. The van der Waals surface area contributed by atoms with Gasteiger partial charge in [-0.15, -0.1) is 24.0 Å². The van der Waals surface area contributed by atoms with E-state index in [4.69, 9.17) is 4.74 Å². The second-order valence-electron chi connectivity index (χ2n) is 8.28. The highest BCUT2D eigenvalue weighted by molar-refractivity contribution is 14.0. The quantitative estimate of drug-likeness (QED) is 0.307. The Bertz CT molecular complexity index is 894. The lowest BCUT2D eigenvalue weighted by atomic mass is 10.0. The van der Waals surface area contributed by atoms with Gasteiger partial charge in [-0.2, -0.15) is 0 Å². The molecule has 7 nitrogen and oxygen atoms in total. The Hall–Kier alpha value is -2.17. The van der Waals surface area contributed by atoms with Crippen LogP contribution in [0.1, 0.15) is 33.1 Å². The molecule has 0 aromatic heterocycles. The monoisotopic (exact) mass is 565 g/mol. The highest BCUT2D eigenvalue weighted by Gasteiger charge is 2.22. The number of amides is 1. The molecule has 2 N–H and O–H groups in total. The molecule has 3 rings (SSSR count). The maximum Gasteiger partial charge on any atom is 0.253 e. The highest BCUT2D eigenvalue weighted by atomic mass is 127. The Morgan fingerprint density at radius 1 is 1.06 bits per heavy atom. The Balaban J connectivity index is 0.00000385. The van der Waals surface area contributed by atoms with Crippen molar-refractivity contribution in [3.63, 3.8) is 0 Å². The van der Waals surface area contributed by atoms with Crippen LogP contribution >= 0.6 is 24.0 Å². The number of nitrogens with zero attached hydrogens (tertiary/aromatic N) is 3. The van der Waals surface area contributed by atoms with E-state index in [1.807, 2.05) is 24.3 Å². The van der Waals surface area contributed by atoms with Gasteiger partial charge in [0.15, 0.2) is 5.96 Å². The van der Waals surface area contributed by atoms with Crippen LogP contribution < -0.4 is 10.6 Å². The number of nitrogens with one attached hydrogen (secondary N) is 2. The number of halogens is 1. The van der Waals surface area contributed by atoms with Gasteiger partial charge in [-0.1, -0.05) is 42.0 Å². The van der Waals surface area contributed by atoms with Crippen LogP contribution in [0, 0.1) is 6.92 Å². The van der Waals surface area contributed by atoms with Gasteiger partial charge in [0.25, 0.3) is 5.91 Å². The number of hydrogen-bond acceptors (Lipinski definition) is 4. The van der Waals surface area contributed by atoms with Gasteiger partial charge in [-0.25, -0.2) is 0 Å². The summed E-state index contributed by atoms with van der Waals surface area (Å²) in [6.45, 7) is 6.86. The topological polar surface area (TPSA) is 69.2 Å². The second-order valence-corrected chi connectivity index (χ2v) is 8.28. The van der Waals surface area contributed by atoms with E-state index in [2.05, 4.69) is 51.7 Å². The summed E-state index contributed by atoms with van der Waals surface area (Å²) < 4.78 is 5.55. The molecule has 1 amide bonds. The van der Waals surface area contributed by atoms with Crippen molar-refractivity contribution in [2.24, 2.45) is 4.99 Å². The number of rotatable bonds is 7. The maximum atomic E-state index is 12.1. The first-order valence-corrected chi connectivity index (χ1v) is 11.1. The molecule has 0 saturated carbocycles. The van der Waals surface area contributed by atoms with E-state index in [9.17, 15) is 4.79 Å². The molecule has 8 heteroatoms. The van der Waals surface area contributed by atoms with Gasteiger partial charge in [-0.05, 0) is 30.2 Å². The van der Waals surface area contributed by atoms with E-state index >= 15 is 0 Å². The summed E-state index contributed by atoms with van der Waals surface area (Å²) in [4.78, 5) is 20.5. The van der Waals surface area contributed by atoms with Crippen LogP contribution in [0.3, 0.4) is 0 Å². The predicted molar refractivity (Wildman–Crippen MR) is 144 cm³/mol. The molecular weight excluding hydrogens is 529 g/mol. The number of aliphatic imine (C=N–C) groups is 1. The van der Waals surface area contributed by atoms with Crippen molar-refractivity contribution in [1.29, 1.82) is 0 Å². The molecule has 1 fully saturated rings.